The molecule has 162 valence electrons. The van der Waals surface area contributed by atoms with Crippen LogP contribution in [0.1, 0.15) is 48.9 Å². The van der Waals surface area contributed by atoms with E-state index in [9.17, 15) is 13.2 Å². The third-order valence-corrected chi connectivity index (χ3v) is 6.86. The topological polar surface area (TPSA) is 79.6 Å². The molecule has 7 heteroatoms. The van der Waals surface area contributed by atoms with Crippen molar-refractivity contribution in [3.63, 3.8) is 0 Å². The van der Waals surface area contributed by atoms with E-state index in [1.165, 1.54) is 6.26 Å². The number of anilines is 2. The minimum absolute atomic E-state index is 0.0484. The maximum Gasteiger partial charge on any atom is 0.293 e. The van der Waals surface area contributed by atoms with Crippen LogP contribution in [-0.2, 0) is 21.9 Å². The highest BCUT2D eigenvalue weighted by Crippen LogP contribution is 2.32. The van der Waals surface area contributed by atoms with Gasteiger partial charge in [0.1, 0.15) is 0 Å². The first-order chi connectivity index (χ1) is 14.6. The molecule has 0 unspecified atom stereocenters. The zero-order chi connectivity index (χ0) is 22.2. The number of hydrogen-bond donors (Lipinski definition) is 1. The fraction of sp³-hybridized carbons (Fsp3) is 0.292. The third kappa shape index (κ3) is 4.37. The molecule has 0 saturated heterocycles. The van der Waals surface area contributed by atoms with Crippen molar-refractivity contribution < 1.29 is 17.6 Å². The summed E-state index contributed by atoms with van der Waals surface area (Å²) < 4.78 is 33.7. The van der Waals surface area contributed by atoms with E-state index < -0.39 is 10.0 Å². The van der Waals surface area contributed by atoms with Crippen LogP contribution in [0.15, 0.2) is 70.2 Å². The summed E-state index contributed by atoms with van der Waals surface area (Å²) in [6.07, 6.45) is 3.04. The van der Waals surface area contributed by atoms with E-state index in [0.717, 1.165) is 29.7 Å². The van der Waals surface area contributed by atoms with Crippen molar-refractivity contribution in [1.29, 1.82) is 0 Å². The molecule has 31 heavy (non-hydrogen) atoms. The molecule has 3 aromatic rings. The van der Waals surface area contributed by atoms with Crippen LogP contribution in [0.4, 0.5) is 11.4 Å². The van der Waals surface area contributed by atoms with Gasteiger partial charge in [-0.3, -0.25) is 9.52 Å². The van der Waals surface area contributed by atoms with E-state index in [4.69, 9.17) is 4.42 Å². The summed E-state index contributed by atoms with van der Waals surface area (Å²) in [5.41, 5.74) is 3.21. The summed E-state index contributed by atoms with van der Waals surface area (Å²) in [5, 5.41) is 0. The molecule has 1 N–H and O–H groups in total. The number of carbonyl (C=O) groups is 1. The van der Waals surface area contributed by atoms with Gasteiger partial charge in [0.15, 0.2) is 5.76 Å². The Labute approximate surface area is 182 Å². The van der Waals surface area contributed by atoms with Crippen LogP contribution in [-0.4, -0.2) is 20.9 Å². The molecule has 1 aliphatic heterocycles. The first kappa shape index (κ1) is 21.2. The highest BCUT2D eigenvalue weighted by molar-refractivity contribution is 7.92. The van der Waals surface area contributed by atoms with Gasteiger partial charge in [0.05, 0.1) is 11.2 Å². The number of fused-ring (bicyclic) bond motifs is 1. The summed E-state index contributed by atoms with van der Waals surface area (Å²) in [5.74, 6) is 0.0922. The molecule has 0 radical (unpaired) electrons. The molecule has 0 fully saturated rings. The van der Waals surface area contributed by atoms with Gasteiger partial charge in [-0.25, -0.2) is 8.42 Å². The number of rotatable bonds is 4. The molecule has 4 rings (SSSR count). The van der Waals surface area contributed by atoms with Gasteiger partial charge in [-0.1, -0.05) is 32.9 Å². The van der Waals surface area contributed by atoms with Gasteiger partial charge in [0.25, 0.3) is 15.9 Å². The summed E-state index contributed by atoms with van der Waals surface area (Å²) >= 11 is 0. The molecule has 0 saturated carbocycles. The lowest BCUT2D eigenvalue weighted by molar-refractivity contribution is 0.0958. The minimum atomic E-state index is -3.71. The molecule has 0 spiro atoms. The van der Waals surface area contributed by atoms with Crippen molar-refractivity contribution in [2.75, 3.05) is 16.2 Å². The number of benzene rings is 2. The van der Waals surface area contributed by atoms with E-state index >= 15 is 0 Å². The Morgan fingerprint density at radius 1 is 1.06 bits per heavy atom. The maximum absolute atomic E-state index is 12.9. The first-order valence-corrected chi connectivity index (χ1v) is 11.8. The van der Waals surface area contributed by atoms with Gasteiger partial charge in [-0.05, 0) is 71.8 Å². The van der Waals surface area contributed by atoms with Crippen molar-refractivity contribution in [3.05, 3.63) is 77.7 Å². The normalized spacial score (nSPS) is 14.2. The molecule has 0 bridgehead atoms. The number of nitrogens with zero attached hydrogens (tertiary/aromatic N) is 1. The lowest BCUT2D eigenvalue weighted by Gasteiger charge is -2.29. The molecule has 6 nitrogen and oxygen atoms in total. The lowest BCUT2D eigenvalue weighted by atomic mass is 9.87. The van der Waals surface area contributed by atoms with Gasteiger partial charge < -0.3 is 9.32 Å². The van der Waals surface area contributed by atoms with Crippen molar-refractivity contribution in [2.45, 2.75) is 43.9 Å². The molecule has 2 aromatic carbocycles. The quantitative estimate of drug-likeness (QED) is 0.624. The monoisotopic (exact) mass is 438 g/mol. The Morgan fingerprint density at radius 3 is 2.45 bits per heavy atom. The molecular formula is C24H26N2O4S. The highest BCUT2D eigenvalue weighted by Gasteiger charge is 2.26. The number of sulfonamides is 1. The molecular weight excluding hydrogens is 412 g/mol. The highest BCUT2D eigenvalue weighted by atomic mass is 32.2. The standard InChI is InChI=1S/C24H26N2O4S/c1-24(2,3)18-8-11-20(12-9-18)31(28,29)25-19-10-13-21-17(16-19)6-4-14-26(21)23(27)22-7-5-15-30-22/h5,7-13,15-16,25H,4,6,14H2,1-3H3. The molecule has 0 atom stereocenters. The van der Waals surface area contributed by atoms with E-state index in [2.05, 4.69) is 25.5 Å². The summed E-state index contributed by atoms with van der Waals surface area (Å²) in [7, 11) is -3.71. The van der Waals surface area contributed by atoms with E-state index in [1.807, 2.05) is 12.1 Å². The first-order valence-electron chi connectivity index (χ1n) is 10.3. The zero-order valence-electron chi connectivity index (χ0n) is 17.9. The number of nitrogens with one attached hydrogen (secondary N) is 1. The predicted molar refractivity (Wildman–Crippen MR) is 121 cm³/mol. The van der Waals surface area contributed by atoms with Gasteiger partial charge >= 0.3 is 0 Å². The van der Waals surface area contributed by atoms with Crippen LogP contribution in [0.25, 0.3) is 0 Å². The lowest BCUT2D eigenvalue weighted by Crippen LogP contribution is -2.35. The summed E-state index contributed by atoms with van der Waals surface area (Å²) in [6, 6.07) is 15.6. The Morgan fingerprint density at radius 2 is 1.81 bits per heavy atom. The third-order valence-electron chi connectivity index (χ3n) is 5.46. The van der Waals surface area contributed by atoms with Crippen LogP contribution in [0.5, 0.6) is 0 Å². The fourth-order valence-electron chi connectivity index (χ4n) is 3.75. The number of hydrogen-bond acceptors (Lipinski definition) is 4. The Balaban J connectivity index is 1.57. The Hall–Kier alpha value is -3.06. The number of carbonyl (C=O) groups excluding carboxylic acids is 1. The van der Waals surface area contributed by atoms with Gasteiger partial charge in [0.2, 0.25) is 0 Å². The second-order valence-corrected chi connectivity index (χ2v) is 10.4. The predicted octanol–water partition coefficient (Wildman–Crippen LogP) is 4.97. The van der Waals surface area contributed by atoms with E-state index in [-0.39, 0.29) is 22.0 Å². The minimum Gasteiger partial charge on any atom is -0.459 e. The zero-order valence-corrected chi connectivity index (χ0v) is 18.7. The van der Waals surface area contributed by atoms with Crippen LogP contribution >= 0.6 is 0 Å². The smallest absolute Gasteiger partial charge is 0.293 e. The summed E-state index contributed by atoms with van der Waals surface area (Å²) in [4.78, 5) is 14.6. The van der Waals surface area contributed by atoms with Gasteiger partial charge in [0, 0.05) is 17.9 Å². The summed E-state index contributed by atoms with van der Waals surface area (Å²) in [6.45, 7) is 6.85. The van der Waals surface area contributed by atoms with Crippen LogP contribution in [0.3, 0.4) is 0 Å². The molecule has 2 heterocycles. The van der Waals surface area contributed by atoms with Crippen molar-refractivity contribution in [1.82, 2.24) is 0 Å². The maximum atomic E-state index is 12.9. The second-order valence-electron chi connectivity index (χ2n) is 8.76. The largest absolute Gasteiger partial charge is 0.459 e. The Kier molecular flexibility index (Phi) is 5.39. The van der Waals surface area contributed by atoms with Crippen LogP contribution in [0, 0.1) is 0 Å². The average molecular weight is 439 g/mol. The van der Waals surface area contributed by atoms with Crippen molar-refractivity contribution in [2.24, 2.45) is 0 Å². The number of furan rings is 1. The van der Waals surface area contributed by atoms with Crippen LogP contribution < -0.4 is 9.62 Å². The fourth-order valence-corrected chi connectivity index (χ4v) is 4.80. The van der Waals surface area contributed by atoms with E-state index in [0.29, 0.717) is 12.2 Å². The molecule has 1 aromatic heterocycles. The van der Waals surface area contributed by atoms with Crippen molar-refractivity contribution in [3.8, 4) is 0 Å². The number of aryl methyl sites for hydroxylation is 1. The molecule has 0 aliphatic carbocycles. The van der Waals surface area contributed by atoms with E-state index in [1.54, 1.807) is 47.4 Å². The van der Waals surface area contributed by atoms with Crippen molar-refractivity contribution >= 4 is 27.3 Å². The Bertz CT molecular complexity index is 1190. The van der Waals surface area contributed by atoms with Crippen LogP contribution in [0.2, 0.25) is 0 Å². The SMILES string of the molecule is CC(C)(C)c1ccc(S(=O)(=O)Nc2ccc3c(c2)CCCN3C(=O)c2ccco2)cc1. The number of amides is 1. The average Bonchev–Trinajstić information content (AvgIpc) is 3.27. The second kappa shape index (κ2) is 7.89. The van der Waals surface area contributed by atoms with Gasteiger partial charge in [-0.15, -0.1) is 0 Å². The molecule has 1 amide bonds. The molecule has 1 aliphatic rings. The van der Waals surface area contributed by atoms with Gasteiger partial charge in [-0.2, -0.15) is 0 Å².